The number of carbonyl (C=O) groups excluding carboxylic acids is 1. The molecular formula is C33H68O5Si2. The first-order chi connectivity index (χ1) is 18.1. The summed E-state index contributed by atoms with van der Waals surface area (Å²) < 4.78 is 21.2. The van der Waals surface area contributed by atoms with Crippen molar-refractivity contribution in [3.05, 3.63) is 0 Å². The quantitative estimate of drug-likeness (QED) is 0.214. The second-order valence-electron chi connectivity index (χ2n) is 15.8. The minimum atomic E-state index is -2.79. The average Bonchev–Trinajstić information content (AvgIpc) is 2.86. The molecular weight excluding hydrogens is 533 g/mol. The van der Waals surface area contributed by atoms with Gasteiger partial charge in [-0.25, -0.2) is 0 Å². The van der Waals surface area contributed by atoms with Gasteiger partial charge in [-0.1, -0.05) is 118 Å². The third kappa shape index (κ3) is 7.71. The van der Waals surface area contributed by atoms with Crippen molar-refractivity contribution in [2.45, 2.75) is 170 Å². The van der Waals surface area contributed by atoms with Crippen LogP contribution in [0.5, 0.6) is 0 Å². The van der Waals surface area contributed by atoms with Gasteiger partial charge in [-0.15, -0.1) is 0 Å². The fourth-order valence-electron chi connectivity index (χ4n) is 7.47. The molecule has 1 fully saturated rings. The van der Waals surface area contributed by atoms with Crippen LogP contribution < -0.4 is 0 Å². The second kappa shape index (κ2) is 14.2. The van der Waals surface area contributed by atoms with Gasteiger partial charge in [0.25, 0.3) is 0 Å². The molecule has 0 radical (unpaired) electrons. The van der Waals surface area contributed by atoms with Crippen molar-refractivity contribution in [3.8, 4) is 0 Å². The molecule has 1 N–H and O–H groups in total. The first kappa shape index (κ1) is 38.0. The van der Waals surface area contributed by atoms with E-state index in [0.29, 0.717) is 5.92 Å². The molecule has 1 heterocycles. The van der Waals surface area contributed by atoms with E-state index in [2.05, 4.69) is 104 Å². The Balaban J connectivity index is 3.38. The van der Waals surface area contributed by atoms with Crippen molar-refractivity contribution in [1.29, 1.82) is 0 Å². The molecule has 8 atom stereocenters. The lowest BCUT2D eigenvalue weighted by Gasteiger charge is -2.59. The van der Waals surface area contributed by atoms with Crippen LogP contribution in [-0.4, -0.2) is 52.2 Å². The van der Waals surface area contributed by atoms with E-state index in [4.69, 9.17) is 13.3 Å². The van der Waals surface area contributed by atoms with Gasteiger partial charge in [0, 0.05) is 33.7 Å². The molecule has 5 nitrogen and oxygen atoms in total. The highest BCUT2D eigenvalue weighted by atomic mass is 28.4. The van der Waals surface area contributed by atoms with Crippen LogP contribution in [0, 0.1) is 35.5 Å². The summed E-state index contributed by atoms with van der Waals surface area (Å²) in [5, 5.41) is 11.5. The molecule has 0 aromatic carbocycles. The van der Waals surface area contributed by atoms with Crippen molar-refractivity contribution < 1.29 is 23.2 Å². The Morgan fingerprint density at radius 1 is 0.825 bits per heavy atom. The van der Waals surface area contributed by atoms with Crippen LogP contribution >= 0.6 is 0 Å². The van der Waals surface area contributed by atoms with Gasteiger partial charge in [-0.2, -0.15) is 0 Å². The highest BCUT2D eigenvalue weighted by Gasteiger charge is 2.64. The van der Waals surface area contributed by atoms with Gasteiger partial charge in [-0.05, 0) is 30.0 Å². The van der Waals surface area contributed by atoms with Gasteiger partial charge < -0.3 is 18.4 Å². The number of hydrogen-bond donors (Lipinski definition) is 1. The molecule has 0 saturated carbocycles. The molecule has 238 valence electrons. The summed E-state index contributed by atoms with van der Waals surface area (Å²) >= 11 is 0. The molecule has 0 spiro atoms. The van der Waals surface area contributed by atoms with E-state index in [9.17, 15) is 9.90 Å². The third-order valence-electron chi connectivity index (χ3n) is 10.2. The number of Topliss-reactive ketones (excluding diaryl/α,β-unsaturated/α-hetero) is 1. The number of aliphatic hydroxyl groups excluding tert-OH is 1. The molecule has 0 amide bonds. The van der Waals surface area contributed by atoms with E-state index in [1.807, 2.05) is 13.8 Å². The van der Waals surface area contributed by atoms with Crippen LogP contribution in [0.2, 0.25) is 28.2 Å². The van der Waals surface area contributed by atoms with Crippen LogP contribution in [0.4, 0.5) is 0 Å². The number of hydrogen-bond acceptors (Lipinski definition) is 5. The molecule has 0 bridgehead atoms. The summed E-state index contributed by atoms with van der Waals surface area (Å²) in [5.74, 6) is -0.240. The van der Waals surface area contributed by atoms with Crippen molar-refractivity contribution >= 4 is 22.7 Å². The fourth-order valence-corrected chi connectivity index (χ4v) is 15.9. The lowest BCUT2D eigenvalue weighted by Crippen LogP contribution is -2.68. The molecule has 1 aliphatic heterocycles. The van der Waals surface area contributed by atoms with Crippen LogP contribution in [0.25, 0.3) is 0 Å². The minimum absolute atomic E-state index is 0.0392. The standard InChI is InChI=1S/C33H68O5Si2/c1-18-39(19-2,20-3)36-29(21(4)5)24(9)27(34)23(8)28(35)25(10)31-26(11)30(22(6)7)37-40(38-31,32(12,13)14)33(15,16)17/h21-26,28-31,35H,18-20H2,1-17H3/t23-,24+,25-,26-,28?,29+,30+,31-/m0/s1. The first-order valence-electron chi connectivity index (χ1n) is 16.3. The van der Waals surface area contributed by atoms with Crippen LogP contribution in [-0.2, 0) is 18.1 Å². The van der Waals surface area contributed by atoms with E-state index in [1.165, 1.54) is 0 Å². The number of rotatable bonds is 13. The molecule has 1 rings (SSSR count). The van der Waals surface area contributed by atoms with Gasteiger partial charge in [0.2, 0.25) is 0 Å². The van der Waals surface area contributed by atoms with Gasteiger partial charge in [-0.3, -0.25) is 4.79 Å². The summed E-state index contributed by atoms with van der Waals surface area (Å²) in [7, 11) is -4.68. The molecule has 0 aromatic heterocycles. The summed E-state index contributed by atoms with van der Waals surface area (Å²) in [6, 6.07) is 3.17. The fraction of sp³-hybridized carbons (Fsp3) is 0.970. The Bertz CT molecular complexity index is 773. The second-order valence-corrected chi connectivity index (χ2v) is 25.2. The molecule has 1 unspecified atom stereocenters. The molecule has 40 heavy (non-hydrogen) atoms. The largest absolute Gasteiger partial charge is 0.413 e. The van der Waals surface area contributed by atoms with Gasteiger partial charge in [0.15, 0.2) is 8.32 Å². The molecule has 0 aliphatic carbocycles. The van der Waals surface area contributed by atoms with E-state index in [1.54, 1.807) is 0 Å². The summed E-state index contributed by atoms with van der Waals surface area (Å²) in [5.41, 5.74) is 0. The maximum absolute atomic E-state index is 14.0. The summed E-state index contributed by atoms with van der Waals surface area (Å²) in [4.78, 5) is 14.0. The number of carbonyl (C=O) groups is 1. The predicted molar refractivity (Wildman–Crippen MR) is 174 cm³/mol. The molecule has 7 heteroatoms. The van der Waals surface area contributed by atoms with Crippen molar-refractivity contribution in [2.75, 3.05) is 0 Å². The Kier molecular flexibility index (Phi) is 13.4. The Labute approximate surface area is 251 Å². The van der Waals surface area contributed by atoms with Crippen molar-refractivity contribution in [2.24, 2.45) is 35.5 Å². The van der Waals surface area contributed by atoms with E-state index >= 15 is 0 Å². The SMILES string of the molecule is CC[Si](CC)(CC)O[C@H](C(C)C)[C@H](C)C(=O)[C@H](C)C(O)[C@H](C)[C@@H]1O[Si](C(C)(C)C)(C(C)(C)C)O[C@H](C(C)C)[C@@H]1C. The van der Waals surface area contributed by atoms with Crippen molar-refractivity contribution in [3.63, 3.8) is 0 Å². The van der Waals surface area contributed by atoms with E-state index < -0.39 is 28.9 Å². The maximum atomic E-state index is 14.0. The monoisotopic (exact) mass is 600 g/mol. The number of ketones is 1. The first-order valence-corrected chi connectivity index (χ1v) is 20.7. The molecule has 0 aromatic rings. The zero-order valence-corrected chi connectivity index (χ0v) is 31.5. The summed E-state index contributed by atoms with van der Waals surface area (Å²) in [6.45, 7) is 37.1. The Morgan fingerprint density at radius 3 is 1.60 bits per heavy atom. The molecule has 1 aliphatic rings. The van der Waals surface area contributed by atoms with E-state index in [0.717, 1.165) is 18.1 Å². The Hall–Kier alpha value is -0.0562. The zero-order chi connectivity index (χ0) is 31.6. The minimum Gasteiger partial charge on any atom is -0.413 e. The average molecular weight is 601 g/mol. The molecule has 1 saturated heterocycles. The van der Waals surface area contributed by atoms with E-state index in [-0.39, 0.29) is 57.8 Å². The normalized spacial score (nSPS) is 26.4. The summed E-state index contributed by atoms with van der Waals surface area (Å²) in [6.07, 6.45) is -1.09. The Morgan fingerprint density at radius 2 is 1.25 bits per heavy atom. The zero-order valence-electron chi connectivity index (χ0n) is 29.5. The van der Waals surface area contributed by atoms with Crippen molar-refractivity contribution in [1.82, 2.24) is 0 Å². The maximum Gasteiger partial charge on any atom is 0.349 e. The predicted octanol–water partition coefficient (Wildman–Crippen LogP) is 8.99. The highest BCUT2D eigenvalue weighted by Crippen LogP contribution is 2.57. The highest BCUT2D eigenvalue weighted by molar-refractivity contribution is 6.74. The smallest absolute Gasteiger partial charge is 0.349 e. The van der Waals surface area contributed by atoms with Gasteiger partial charge in [0.1, 0.15) is 5.78 Å². The van der Waals surface area contributed by atoms with Crippen LogP contribution in [0.1, 0.15) is 118 Å². The van der Waals surface area contributed by atoms with Crippen LogP contribution in [0.15, 0.2) is 0 Å². The topological polar surface area (TPSA) is 65.0 Å². The third-order valence-corrected chi connectivity index (χ3v) is 20.0. The number of aliphatic hydroxyl groups is 1. The van der Waals surface area contributed by atoms with Crippen LogP contribution in [0.3, 0.4) is 0 Å². The van der Waals surface area contributed by atoms with Gasteiger partial charge in [0.05, 0.1) is 24.4 Å². The lowest BCUT2D eigenvalue weighted by atomic mass is 9.76. The van der Waals surface area contributed by atoms with Gasteiger partial charge >= 0.3 is 8.56 Å². The lowest BCUT2D eigenvalue weighted by molar-refractivity contribution is -0.142.